The first-order valence-electron chi connectivity index (χ1n) is 6.25. The number of benzene rings is 1. The molecular weight excluding hydrogens is 239 g/mol. The molecule has 1 aliphatic rings. The van der Waals surface area contributed by atoms with E-state index in [1.54, 1.807) is 0 Å². The van der Waals surface area contributed by atoms with E-state index in [2.05, 4.69) is 5.32 Å². The highest BCUT2D eigenvalue weighted by molar-refractivity contribution is 5.33. The smallest absolute Gasteiger partial charge is 0.310 e. The number of alkyl halides is 3. The third-order valence-corrected chi connectivity index (χ3v) is 3.68. The molecule has 1 saturated heterocycles. The third-order valence-electron chi connectivity index (χ3n) is 3.68. The minimum absolute atomic E-state index is 0.147. The van der Waals surface area contributed by atoms with Crippen LogP contribution in [0.2, 0.25) is 0 Å². The summed E-state index contributed by atoms with van der Waals surface area (Å²) in [6.07, 6.45) is -3.74. The predicted octanol–water partition coefficient (Wildman–Crippen LogP) is 3.91. The van der Waals surface area contributed by atoms with Gasteiger partial charge in [0, 0.05) is 6.04 Å². The number of halogens is 3. The summed E-state index contributed by atoms with van der Waals surface area (Å²) in [6, 6.07) is 5.78. The molecule has 0 radical (unpaired) electrons. The van der Waals surface area contributed by atoms with Gasteiger partial charge in [0.15, 0.2) is 0 Å². The largest absolute Gasteiger partial charge is 0.391 e. The standard InChI is InChI=1S/C14H18F3N/c1-9-3-4-10(2)12(7-9)13-8-11(5-6-18-13)14(15,16)17/h3-4,7,11,13,18H,5-6,8H2,1-2H3. The van der Waals surface area contributed by atoms with E-state index < -0.39 is 12.1 Å². The van der Waals surface area contributed by atoms with Gasteiger partial charge in [-0.2, -0.15) is 13.2 Å². The lowest BCUT2D eigenvalue weighted by Gasteiger charge is -2.32. The van der Waals surface area contributed by atoms with Crippen molar-refractivity contribution in [3.8, 4) is 0 Å². The molecule has 100 valence electrons. The monoisotopic (exact) mass is 257 g/mol. The molecule has 2 rings (SSSR count). The van der Waals surface area contributed by atoms with E-state index in [-0.39, 0.29) is 18.9 Å². The molecule has 1 nitrogen and oxygen atoms in total. The molecule has 0 aliphatic carbocycles. The maximum atomic E-state index is 12.8. The zero-order chi connectivity index (χ0) is 13.3. The zero-order valence-electron chi connectivity index (χ0n) is 10.6. The molecule has 1 heterocycles. The zero-order valence-corrected chi connectivity index (χ0v) is 10.6. The number of aryl methyl sites for hydroxylation is 2. The molecule has 0 bridgehead atoms. The van der Waals surface area contributed by atoms with Crippen LogP contribution in [0.15, 0.2) is 18.2 Å². The van der Waals surface area contributed by atoms with Gasteiger partial charge in [-0.25, -0.2) is 0 Å². The quantitative estimate of drug-likeness (QED) is 0.804. The topological polar surface area (TPSA) is 12.0 Å². The Hall–Kier alpha value is -1.03. The van der Waals surface area contributed by atoms with Crippen molar-refractivity contribution in [2.75, 3.05) is 6.54 Å². The fourth-order valence-electron chi connectivity index (χ4n) is 2.59. The average molecular weight is 257 g/mol. The normalized spacial score (nSPS) is 25.2. The van der Waals surface area contributed by atoms with Crippen LogP contribution in [0.1, 0.15) is 35.6 Å². The SMILES string of the molecule is Cc1ccc(C)c(C2CC(C(F)(F)F)CCN2)c1. The van der Waals surface area contributed by atoms with E-state index in [4.69, 9.17) is 0 Å². The summed E-state index contributed by atoms with van der Waals surface area (Å²) in [4.78, 5) is 0. The molecule has 1 aromatic carbocycles. The summed E-state index contributed by atoms with van der Waals surface area (Å²) in [7, 11) is 0. The molecule has 2 atom stereocenters. The summed E-state index contributed by atoms with van der Waals surface area (Å²) in [6.45, 7) is 4.35. The van der Waals surface area contributed by atoms with Gasteiger partial charge >= 0.3 is 6.18 Å². The molecule has 1 aromatic rings. The van der Waals surface area contributed by atoms with Gasteiger partial charge in [-0.15, -0.1) is 0 Å². The van der Waals surface area contributed by atoms with Crippen molar-refractivity contribution in [3.63, 3.8) is 0 Å². The second-order valence-electron chi connectivity index (χ2n) is 5.13. The lowest BCUT2D eigenvalue weighted by Crippen LogP contribution is -2.38. The van der Waals surface area contributed by atoms with Crippen LogP contribution in [-0.2, 0) is 0 Å². The van der Waals surface area contributed by atoms with E-state index in [1.807, 2.05) is 32.0 Å². The van der Waals surface area contributed by atoms with Crippen LogP contribution in [0.4, 0.5) is 13.2 Å². The van der Waals surface area contributed by atoms with Crippen molar-refractivity contribution in [2.24, 2.45) is 5.92 Å². The van der Waals surface area contributed by atoms with Crippen LogP contribution in [0, 0.1) is 19.8 Å². The minimum Gasteiger partial charge on any atom is -0.310 e. The van der Waals surface area contributed by atoms with Crippen molar-refractivity contribution >= 4 is 0 Å². The van der Waals surface area contributed by atoms with Crippen molar-refractivity contribution in [1.82, 2.24) is 5.32 Å². The summed E-state index contributed by atoms with van der Waals surface area (Å²) in [5, 5.41) is 3.21. The number of rotatable bonds is 1. The van der Waals surface area contributed by atoms with Crippen molar-refractivity contribution in [1.29, 1.82) is 0 Å². The predicted molar refractivity (Wildman–Crippen MR) is 65.4 cm³/mol. The molecule has 1 aliphatic heterocycles. The van der Waals surface area contributed by atoms with E-state index in [1.165, 1.54) is 0 Å². The number of hydrogen-bond acceptors (Lipinski definition) is 1. The second-order valence-corrected chi connectivity index (χ2v) is 5.13. The fraction of sp³-hybridized carbons (Fsp3) is 0.571. The molecule has 4 heteroatoms. The first-order chi connectivity index (χ1) is 8.38. The molecule has 1 N–H and O–H groups in total. The summed E-state index contributed by atoms with van der Waals surface area (Å²) in [5.41, 5.74) is 3.15. The van der Waals surface area contributed by atoms with Gasteiger partial charge in [0.05, 0.1) is 5.92 Å². The highest BCUT2D eigenvalue weighted by Gasteiger charge is 2.42. The molecule has 0 amide bonds. The van der Waals surface area contributed by atoms with Crippen molar-refractivity contribution in [3.05, 3.63) is 34.9 Å². The van der Waals surface area contributed by atoms with Crippen LogP contribution in [0.3, 0.4) is 0 Å². The Labute approximate surface area is 105 Å². The van der Waals surface area contributed by atoms with E-state index in [9.17, 15) is 13.2 Å². The van der Waals surface area contributed by atoms with Gasteiger partial charge in [-0.3, -0.25) is 0 Å². The summed E-state index contributed by atoms with van der Waals surface area (Å²) in [5.74, 6) is -1.18. The maximum absolute atomic E-state index is 12.8. The first kappa shape index (κ1) is 13.4. The lowest BCUT2D eigenvalue weighted by molar-refractivity contribution is -0.183. The van der Waals surface area contributed by atoms with Gasteiger partial charge in [-0.1, -0.05) is 23.8 Å². The third kappa shape index (κ3) is 2.86. The Morgan fingerprint density at radius 1 is 1.22 bits per heavy atom. The molecule has 18 heavy (non-hydrogen) atoms. The lowest BCUT2D eigenvalue weighted by atomic mass is 9.86. The van der Waals surface area contributed by atoms with E-state index in [0.29, 0.717) is 6.54 Å². The number of nitrogens with one attached hydrogen (secondary N) is 1. The molecule has 2 unspecified atom stereocenters. The Kier molecular flexibility index (Phi) is 3.66. The highest BCUT2D eigenvalue weighted by Crippen LogP contribution is 2.38. The average Bonchev–Trinajstić information content (AvgIpc) is 2.31. The van der Waals surface area contributed by atoms with Crippen LogP contribution < -0.4 is 5.32 Å². The molecule has 0 aromatic heterocycles. The molecule has 0 spiro atoms. The van der Waals surface area contributed by atoms with Gasteiger partial charge in [0.2, 0.25) is 0 Å². The Balaban J connectivity index is 2.21. The fourth-order valence-corrected chi connectivity index (χ4v) is 2.59. The van der Waals surface area contributed by atoms with Crippen LogP contribution in [0.25, 0.3) is 0 Å². The van der Waals surface area contributed by atoms with Crippen LogP contribution in [-0.4, -0.2) is 12.7 Å². The van der Waals surface area contributed by atoms with Gasteiger partial charge in [0.1, 0.15) is 0 Å². The van der Waals surface area contributed by atoms with E-state index in [0.717, 1.165) is 16.7 Å². The molecular formula is C14H18F3N. The Bertz CT molecular complexity index is 426. The Morgan fingerprint density at radius 3 is 2.61 bits per heavy atom. The second kappa shape index (κ2) is 4.92. The van der Waals surface area contributed by atoms with Crippen molar-refractivity contribution < 1.29 is 13.2 Å². The minimum atomic E-state index is -4.07. The highest BCUT2D eigenvalue weighted by atomic mass is 19.4. The van der Waals surface area contributed by atoms with Gasteiger partial charge in [-0.05, 0) is 44.4 Å². The van der Waals surface area contributed by atoms with Gasteiger partial charge < -0.3 is 5.32 Å². The van der Waals surface area contributed by atoms with Crippen molar-refractivity contribution in [2.45, 2.75) is 38.9 Å². The van der Waals surface area contributed by atoms with E-state index >= 15 is 0 Å². The molecule has 0 saturated carbocycles. The number of hydrogen-bond donors (Lipinski definition) is 1. The summed E-state index contributed by atoms with van der Waals surface area (Å²) < 4.78 is 38.3. The van der Waals surface area contributed by atoms with Crippen LogP contribution in [0.5, 0.6) is 0 Å². The summed E-state index contributed by atoms with van der Waals surface area (Å²) >= 11 is 0. The Morgan fingerprint density at radius 2 is 1.94 bits per heavy atom. The van der Waals surface area contributed by atoms with Gasteiger partial charge in [0.25, 0.3) is 0 Å². The maximum Gasteiger partial charge on any atom is 0.391 e. The van der Waals surface area contributed by atoms with Crippen LogP contribution >= 0.6 is 0 Å². The number of piperidine rings is 1. The first-order valence-corrected chi connectivity index (χ1v) is 6.25. The molecule has 1 fully saturated rings.